The van der Waals surface area contributed by atoms with Gasteiger partial charge in [0, 0.05) is 24.1 Å². The summed E-state index contributed by atoms with van der Waals surface area (Å²) < 4.78 is 0. The normalized spacial score (nSPS) is 18.0. The molecule has 3 rings (SSSR count). The molecule has 0 unspecified atom stereocenters. The van der Waals surface area contributed by atoms with Crippen LogP contribution in [0.2, 0.25) is 0 Å². The molecule has 0 radical (unpaired) electrons. The van der Waals surface area contributed by atoms with Crippen molar-refractivity contribution in [1.29, 1.82) is 0 Å². The number of pyridine rings is 1. The fourth-order valence-electron chi connectivity index (χ4n) is 2.78. The standard InChI is InChI=1S/C18H21N3O/c1-13-4-5-16(12-20-13)18(22)21-17-8-6-14(7-9-17)15-3-2-10-19-11-15/h4-9,12,15,19H,2-3,10-11H2,1H3,(H,21,22)/t15-/m1/s1. The van der Waals surface area contributed by atoms with Crippen LogP contribution in [0.5, 0.6) is 0 Å². The predicted molar refractivity (Wildman–Crippen MR) is 88.2 cm³/mol. The monoisotopic (exact) mass is 295 g/mol. The lowest BCUT2D eigenvalue weighted by Crippen LogP contribution is -2.28. The van der Waals surface area contributed by atoms with Gasteiger partial charge in [0.15, 0.2) is 0 Å². The second-order valence-corrected chi connectivity index (χ2v) is 5.81. The van der Waals surface area contributed by atoms with Gasteiger partial charge in [-0.2, -0.15) is 0 Å². The first-order valence-corrected chi connectivity index (χ1v) is 7.77. The van der Waals surface area contributed by atoms with Crippen molar-refractivity contribution in [2.24, 2.45) is 0 Å². The fourth-order valence-corrected chi connectivity index (χ4v) is 2.78. The molecule has 2 heterocycles. The molecular formula is C18H21N3O. The summed E-state index contributed by atoms with van der Waals surface area (Å²) in [5, 5.41) is 6.34. The Bertz CT molecular complexity index is 628. The van der Waals surface area contributed by atoms with Gasteiger partial charge in [-0.1, -0.05) is 12.1 Å². The van der Waals surface area contributed by atoms with Crippen molar-refractivity contribution in [3.8, 4) is 0 Å². The fraction of sp³-hybridized carbons (Fsp3) is 0.333. The van der Waals surface area contributed by atoms with Crippen molar-refractivity contribution < 1.29 is 4.79 Å². The van der Waals surface area contributed by atoms with Crippen LogP contribution in [0.25, 0.3) is 0 Å². The van der Waals surface area contributed by atoms with Crippen LogP contribution in [0, 0.1) is 6.92 Å². The largest absolute Gasteiger partial charge is 0.322 e. The molecule has 0 spiro atoms. The Balaban J connectivity index is 1.65. The second kappa shape index (κ2) is 6.71. The van der Waals surface area contributed by atoms with Crippen LogP contribution in [0.1, 0.15) is 40.4 Å². The quantitative estimate of drug-likeness (QED) is 0.915. The molecule has 1 amide bonds. The molecule has 1 aliphatic rings. The van der Waals surface area contributed by atoms with Gasteiger partial charge in [-0.3, -0.25) is 9.78 Å². The molecule has 2 aromatic rings. The number of hydrogen-bond acceptors (Lipinski definition) is 3. The van der Waals surface area contributed by atoms with Gasteiger partial charge >= 0.3 is 0 Å². The SMILES string of the molecule is Cc1ccc(C(=O)Nc2ccc([C@@H]3CCCNC3)cc2)cn1. The van der Waals surface area contributed by atoms with Crippen LogP contribution in [-0.2, 0) is 0 Å². The highest BCUT2D eigenvalue weighted by atomic mass is 16.1. The second-order valence-electron chi connectivity index (χ2n) is 5.81. The molecule has 0 aliphatic carbocycles. The zero-order chi connectivity index (χ0) is 15.4. The number of aryl methyl sites for hydroxylation is 1. The molecule has 1 saturated heterocycles. The number of benzene rings is 1. The number of rotatable bonds is 3. The van der Waals surface area contributed by atoms with Gasteiger partial charge in [-0.05, 0) is 62.1 Å². The van der Waals surface area contributed by atoms with Gasteiger partial charge < -0.3 is 10.6 Å². The number of anilines is 1. The lowest BCUT2D eigenvalue weighted by Gasteiger charge is -2.23. The van der Waals surface area contributed by atoms with Gasteiger partial charge in [0.2, 0.25) is 0 Å². The first kappa shape index (κ1) is 14.7. The number of nitrogens with one attached hydrogen (secondary N) is 2. The maximum absolute atomic E-state index is 12.2. The first-order chi connectivity index (χ1) is 10.7. The van der Waals surface area contributed by atoms with E-state index in [1.54, 1.807) is 12.3 Å². The van der Waals surface area contributed by atoms with Crippen LogP contribution < -0.4 is 10.6 Å². The van der Waals surface area contributed by atoms with E-state index < -0.39 is 0 Å². The molecule has 1 aromatic carbocycles. The molecule has 114 valence electrons. The Morgan fingerprint density at radius 3 is 2.68 bits per heavy atom. The predicted octanol–water partition coefficient (Wildman–Crippen LogP) is 3.11. The van der Waals surface area contributed by atoms with Crippen LogP contribution in [-0.4, -0.2) is 24.0 Å². The molecule has 1 fully saturated rings. The molecular weight excluding hydrogens is 274 g/mol. The number of carbonyl (C=O) groups excluding carboxylic acids is 1. The molecule has 4 nitrogen and oxygen atoms in total. The Morgan fingerprint density at radius 2 is 2.05 bits per heavy atom. The zero-order valence-electron chi connectivity index (χ0n) is 12.8. The van der Waals surface area contributed by atoms with Crippen molar-refractivity contribution in [2.45, 2.75) is 25.7 Å². The lowest BCUT2D eigenvalue weighted by molar-refractivity contribution is 0.102. The lowest BCUT2D eigenvalue weighted by atomic mass is 9.92. The van der Waals surface area contributed by atoms with Crippen LogP contribution in [0.3, 0.4) is 0 Å². The molecule has 0 bridgehead atoms. The van der Waals surface area contributed by atoms with E-state index >= 15 is 0 Å². The molecule has 4 heteroatoms. The maximum Gasteiger partial charge on any atom is 0.257 e. The van der Waals surface area contributed by atoms with Crippen molar-refractivity contribution in [3.63, 3.8) is 0 Å². The minimum absolute atomic E-state index is 0.125. The Morgan fingerprint density at radius 1 is 1.23 bits per heavy atom. The number of hydrogen-bond donors (Lipinski definition) is 2. The minimum atomic E-state index is -0.125. The highest BCUT2D eigenvalue weighted by molar-refractivity contribution is 6.04. The van der Waals surface area contributed by atoms with E-state index in [0.29, 0.717) is 11.5 Å². The zero-order valence-corrected chi connectivity index (χ0v) is 12.8. The molecule has 2 N–H and O–H groups in total. The van der Waals surface area contributed by atoms with E-state index in [0.717, 1.165) is 24.5 Å². The van der Waals surface area contributed by atoms with Gasteiger partial charge in [0.1, 0.15) is 0 Å². The summed E-state index contributed by atoms with van der Waals surface area (Å²) in [6, 6.07) is 11.8. The van der Waals surface area contributed by atoms with Crippen LogP contribution >= 0.6 is 0 Å². The van der Waals surface area contributed by atoms with Crippen molar-refractivity contribution >= 4 is 11.6 Å². The Hall–Kier alpha value is -2.20. The van der Waals surface area contributed by atoms with E-state index in [4.69, 9.17) is 0 Å². The van der Waals surface area contributed by atoms with Crippen molar-refractivity contribution in [2.75, 3.05) is 18.4 Å². The number of piperidine rings is 1. The average molecular weight is 295 g/mol. The number of amides is 1. The average Bonchev–Trinajstić information content (AvgIpc) is 2.57. The number of nitrogens with zero attached hydrogens (tertiary/aromatic N) is 1. The summed E-state index contributed by atoms with van der Waals surface area (Å²) in [7, 11) is 0. The summed E-state index contributed by atoms with van der Waals surface area (Å²) in [6.07, 6.45) is 4.06. The van der Waals surface area contributed by atoms with Gasteiger partial charge in [0.05, 0.1) is 5.56 Å². The van der Waals surface area contributed by atoms with Gasteiger partial charge in [0.25, 0.3) is 5.91 Å². The third-order valence-corrected chi connectivity index (χ3v) is 4.11. The van der Waals surface area contributed by atoms with Crippen molar-refractivity contribution in [3.05, 3.63) is 59.4 Å². The van der Waals surface area contributed by atoms with E-state index in [-0.39, 0.29) is 5.91 Å². The summed E-state index contributed by atoms with van der Waals surface area (Å²) in [5.41, 5.74) is 3.63. The third kappa shape index (κ3) is 3.52. The summed E-state index contributed by atoms with van der Waals surface area (Å²) in [6.45, 7) is 4.07. The minimum Gasteiger partial charge on any atom is -0.322 e. The highest BCUT2D eigenvalue weighted by Crippen LogP contribution is 2.24. The topological polar surface area (TPSA) is 54.0 Å². The van der Waals surface area contributed by atoms with E-state index in [2.05, 4.69) is 27.8 Å². The summed E-state index contributed by atoms with van der Waals surface area (Å²) in [4.78, 5) is 16.3. The number of carbonyl (C=O) groups is 1. The molecule has 22 heavy (non-hydrogen) atoms. The summed E-state index contributed by atoms with van der Waals surface area (Å²) >= 11 is 0. The van der Waals surface area contributed by atoms with Crippen molar-refractivity contribution in [1.82, 2.24) is 10.3 Å². The molecule has 0 saturated carbocycles. The molecule has 1 atom stereocenters. The Kier molecular flexibility index (Phi) is 4.49. The third-order valence-electron chi connectivity index (χ3n) is 4.11. The van der Waals surface area contributed by atoms with Crippen LogP contribution in [0.15, 0.2) is 42.6 Å². The van der Waals surface area contributed by atoms with E-state index in [1.165, 1.54) is 18.4 Å². The van der Waals surface area contributed by atoms with Gasteiger partial charge in [-0.15, -0.1) is 0 Å². The van der Waals surface area contributed by atoms with E-state index in [1.807, 2.05) is 25.1 Å². The Labute approximate surface area is 131 Å². The number of aromatic nitrogens is 1. The maximum atomic E-state index is 12.2. The van der Waals surface area contributed by atoms with Gasteiger partial charge in [-0.25, -0.2) is 0 Å². The highest BCUT2D eigenvalue weighted by Gasteiger charge is 2.15. The van der Waals surface area contributed by atoms with Crippen LogP contribution in [0.4, 0.5) is 5.69 Å². The molecule has 1 aliphatic heterocycles. The van der Waals surface area contributed by atoms with E-state index in [9.17, 15) is 4.79 Å². The first-order valence-electron chi connectivity index (χ1n) is 7.77. The molecule has 1 aromatic heterocycles. The smallest absolute Gasteiger partial charge is 0.257 e. The summed E-state index contributed by atoms with van der Waals surface area (Å²) in [5.74, 6) is 0.458.